The predicted octanol–water partition coefficient (Wildman–Crippen LogP) is 2.58. The zero-order valence-electron chi connectivity index (χ0n) is 11.0. The van der Waals surface area contributed by atoms with E-state index in [1.54, 1.807) is 6.08 Å². The van der Waals surface area contributed by atoms with Crippen LogP contribution < -0.4 is 5.32 Å². The van der Waals surface area contributed by atoms with Gasteiger partial charge in [0.2, 0.25) is 5.91 Å². The molecule has 0 heterocycles. The lowest BCUT2D eigenvalue weighted by Gasteiger charge is -2.15. The first-order chi connectivity index (χ1) is 8.71. The molecule has 2 N–H and O–H groups in total. The van der Waals surface area contributed by atoms with Crippen LogP contribution in [-0.2, 0) is 4.79 Å². The molecule has 0 aromatic heterocycles. The van der Waals surface area contributed by atoms with E-state index in [4.69, 9.17) is 0 Å². The van der Waals surface area contributed by atoms with Gasteiger partial charge < -0.3 is 10.4 Å². The van der Waals surface area contributed by atoms with Gasteiger partial charge in [0.15, 0.2) is 0 Å². The molecule has 1 aromatic carbocycles. The molecular weight excluding hydrogens is 226 g/mol. The zero-order valence-corrected chi connectivity index (χ0v) is 11.0. The van der Waals surface area contributed by atoms with Gasteiger partial charge in [0.1, 0.15) is 0 Å². The highest BCUT2D eigenvalue weighted by molar-refractivity contribution is 5.88. The molecule has 0 bridgehead atoms. The molecule has 3 heteroatoms. The monoisotopic (exact) mass is 247 g/mol. The number of carbonyl (C=O) groups is 1. The number of aliphatic hydroxyl groups excluding tert-OH is 1. The Balaban J connectivity index is 2.70. The summed E-state index contributed by atoms with van der Waals surface area (Å²) in [6, 6.07) is 9.14. The highest BCUT2D eigenvalue weighted by atomic mass is 16.3. The Labute approximate surface area is 109 Å². The molecule has 0 spiro atoms. The molecule has 1 rings (SSSR count). The Kier molecular flexibility index (Phi) is 6.15. The lowest BCUT2D eigenvalue weighted by atomic mass is 10.1. The number of rotatable bonds is 6. The molecule has 18 heavy (non-hydrogen) atoms. The van der Waals surface area contributed by atoms with E-state index in [2.05, 4.69) is 5.32 Å². The van der Waals surface area contributed by atoms with Crippen molar-refractivity contribution in [2.75, 3.05) is 6.61 Å². The molecule has 98 valence electrons. The largest absolute Gasteiger partial charge is 0.394 e. The van der Waals surface area contributed by atoms with Crippen LogP contribution >= 0.6 is 0 Å². The van der Waals surface area contributed by atoms with E-state index in [-0.39, 0.29) is 18.6 Å². The summed E-state index contributed by atoms with van der Waals surface area (Å²) < 4.78 is 0. The van der Waals surface area contributed by atoms with Gasteiger partial charge in [-0.05, 0) is 18.4 Å². The van der Waals surface area contributed by atoms with Crippen molar-refractivity contribution in [2.24, 2.45) is 0 Å². The fourth-order valence-electron chi connectivity index (χ4n) is 1.77. The summed E-state index contributed by atoms with van der Waals surface area (Å²) >= 11 is 0. The first kappa shape index (κ1) is 14.5. The van der Waals surface area contributed by atoms with Crippen molar-refractivity contribution >= 4 is 5.91 Å². The minimum atomic E-state index is -0.343. The minimum absolute atomic E-state index is 0.100. The Hall–Kier alpha value is -1.61. The molecule has 0 saturated heterocycles. The van der Waals surface area contributed by atoms with Crippen molar-refractivity contribution in [1.29, 1.82) is 0 Å². The maximum Gasteiger partial charge on any atom is 0.244 e. The third kappa shape index (κ3) is 4.34. The van der Waals surface area contributed by atoms with Crippen LogP contribution in [0.2, 0.25) is 0 Å². The van der Waals surface area contributed by atoms with Crippen LogP contribution in [0, 0.1) is 0 Å². The maximum absolute atomic E-state index is 11.8. The van der Waals surface area contributed by atoms with Crippen molar-refractivity contribution in [1.82, 2.24) is 5.32 Å². The third-order valence-corrected chi connectivity index (χ3v) is 2.94. The Morgan fingerprint density at radius 2 is 1.89 bits per heavy atom. The Morgan fingerprint density at radius 3 is 2.39 bits per heavy atom. The van der Waals surface area contributed by atoms with Crippen molar-refractivity contribution < 1.29 is 9.90 Å². The van der Waals surface area contributed by atoms with Crippen molar-refractivity contribution in [3.8, 4) is 0 Å². The summed E-state index contributed by atoms with van der Waals surface area (Å²) in [5, 5.41) is 12.2. The number of hydrogen-bond donors (Lipinski definition) is 2. The van der Waals surface area contributed by atoms with E-state index in [1.165, 1.54) is 0 Å². The molecule has 1 atom stereocenters. The van der Waals surface area contributed by atoms with Crippen molar-refractivity contribution in [3.05, 3.63) is 47.5 Å². The summed E-state index contributed by atoms with van der Waals surface area (Å²) in [6.07, 6.45) is 3.38. The van der Waals surface area contributed by atoms with E-state index in [0.29, 0.717) is 0 Å². The Bertz CT molecular complexity index is 392. The van der Waals surface area contributed by atoms with Gasteiger partial charge in [-0.2, -0.15) is 0 Å². The van der Waals surface area contributed by atoms with Gasteiger partial charge in [-0.15, -0.1) is 0 Å². The smallest absolute Gasteiger partial charge is 0.244 e. The summed E-state index contributed by atoms with van der Waals surface area (Å²) in [7, 11) is 0. The fraction of sp³-hybridized carbons (Fsp3) is 0.400. The first-order valence-electron chi connectivity index (χ1n) is 6.37. The number of benzene rings is 1. The summed E-state index contributed by atoms with van der Waals surface area (Å²) in [4.78, 5) is 11.8. The van der Waals surface area contributed by atoms with Crippen molar-refractivity contribution in [2.45, 2.75) is 32.7 Å². The summed E-state index contributed by atoms with van der Waals surface area (Å²) in [5.41, 5.74) is 2.02. The Morgan fingerprint density at radius 1 is 1.28 bits per heavy atom. The zero-order chi connectivity index (χ0) is 13.4. The van der Waals surface area contributed by atoms with Crippen LogP contribution in [0.3, 0.4) is 0 Å². The van der Waals surface area contributed by atoms with Gasteiger partial charge >= 0.3 is 0 Å². The average molecular weight is 247 g/mol. The molecule has 0 aliphatic heterocycles. The second-order valence-electron chi connectivity index (χ2n) is 4.16. The number of hydrogen-bond acceptors (Lipinski definition) is 2. The van der Waals surface area contributed by atoms with E-state index >= 15 is 0 Å². The number of aliphatic hydroxyl groups is 1. The molecule has 3 nitrogen and oxygen atoms in total. The lowest BCUT2D eigenvalue weighted by Crippen LogP contribution is -2.29. The first-order valence-corrected chi connectivity index (χ1v) is 6.37. The van der Waals surface area contributed by atoms with E-state index in [0.717, 1.165) is 24.0 Å². The molecule has 1 unspecified atom stereocenters. The molecule has 0 saturated carbocycles. The third-order valence-electron chi connectivity index (χ3n) is 2.94. The predicted molar refractivity (Wildman–Crippen MR) is 73.1 cm³/mol. The summed E-state index contributed by atoms with van der Waals surface area (Å²) in [5.74, 6) is -0.142. The summed E-state index contributed by atoms with van der Waals surface area (Å²) in [6.45, 7) is 3.96. The number of nitrogens with one attached hydrogen (secondary N) is 1. The highest BCUT2D eigenvalue weighted by Crippen LogP contribution is 2.12. The van der Waals surface area contributed by atoms with Crippen LogP contribution in [0.1, 0.15) is 38.3 Å². The van der Waals surface area contributed by atoms with Gasteiger partial charge in [0.05, 0.1) is 12.6 Å². The standard InChI is InChI=1S/C15H21NO2/c1-3-12(4-2)10-15(18)16-14(11-17)13-8-6-5-7-9-13/h5-10,14,17H,3-4,11H2,1-2H3,(H,16,18). The van der Waals surface area contributed by atoms with Crippen LogP contribution in [0.25, 0.3) is 0 Å². The second kappa shape index (κ2) is 7.67. The molecule has 1 amide bonds. The number of carbonyl (C=O) groups excluding carboxylic acids is 1. The van der Waals surface area contributed by atoms with Gasteiger partial charge in [-0.3, -0.25) is 4.79 Å². The van der Waals surface area contributed by atoms with Crippen LogP contribution in [0.15, 0.2) is 42.0 Å². The number of allylic oxidation sites excluding steroid dienone is 1. The number of amides is 1. The van der Waals surface area contributed by atoms with Crippen molar-refractivity contribution in [3.63, 3.8) is 0 Å². The normalized spacial score (nSPS) is 11.7. The molecular formula is C15H21NO2. The van der Waals surface area contributed by atoms with E-state index < -0.39 is 0 Å². The van der Waals surface area contributed by atoms with Gasteiger partial charge in [-0.25, -0.2) is 0 Å². The van der Waals surface area contributed by atoms with Crippen LogP contribution in [-0.4, -0.2) is 17.6 Å². The van der Waals surface area contributed by atoms with E-state index in [1.807, 2.05) is 44.2 Å². The SMILES string of the molecule is CCC(=CC(=O)NC(CO)c1ccccc1)CC. The van der Waals surface area contributed by atoms with Gasteiger partial charge in [0.25, 0.3) is 0 Å². The quantitative estimate of drug-likeness (QED) is 0.759. The fourth-order valence-corrected chi connectivity index (χ4v) is 1.77. The minimum Gasteiger partial charge on any atom is -0.394 e. The molecule has 1 aromatic rings. The van der Waals surface area contributed by atoms with Gasteiger partial charge in [-0.1, -0.05) is 49.8 Å². The lowest BCUT2D eigenvalue weighted by molar-refractivity contribution is -0.117. The van der Waals surface area contributed by atoms with Gasteiger partial charge in [0, 0.05) is 6.08 Å². The van der Waals surface area contributed by atoms with Crippen LogP contribution in [0.5, 0.6) is 0 Å². The molecule has 0 aliphatic rings. The van der Waals surface area contributed by atoms with E-state index in [9.17, 15) is 9.90 Å². The molecule has 0 aliphatic carbocycles. The van der Waals surface area contributed by atoms with Crippen LogP contribution in [0.4, 0.5) is 0 Å². The highest BCUT2D eigenvalue weighted by Gasteiger charge is 2.11. The molecule has 0 radical (unpaired) electrons. The maximum atomic E-state index is 11.8. The topological polar surface area (TPSA) is 49.3 Å². The second-order valence-corrected chi connectivity index (χ2v) is 4.16. The average Bonchev–Trinajstić information content (AvgIpc) is 2.43. The molecule has 0 fully saturated rings.